The zero-order valence-electron chi connectivity index (χ0n) is 18.8. The van der Waals surface area contributed by atoms with Crippen LogP contribution in [0.15, 0.2) is 65.6 Å². The van der Waals surface area contributed by atoms with E-state index < -0.39 is 15.9 Å². The van der Waals surface area contributed by atoms with E-state index in [0.29, 0.717) is 22.9 Å². The van der Waals surface area contributed by atoms with Gasteiger partial charge in [0.25, 0.3) is 15.9 Å². The summed E-state index contributed by atoms with van der Waals surface area (Å²) in [5, 5.41) is 2.66. The smallest absolute Gasteiger partial charge is 0.265 e. The Labute approximate surface area is 193 Å². The van der Waals surface area contributed by atoms with Crippen molar-refractivity contribution in [3.8, 4) is 17.2 Å². The van der Waals surface area contributed by atoms with Gasteiger partial charge in [0.05, 0.1) is 14.2 Å². The van der Waals surface area contributed by atoms with Gasteiger partial charge in [-0.05, 0) is 73.5 Å². The van der Waals surface area contributed by atoms with Gasteiger partial charge < -0.3 is 19.5 Å². The highest BCUT2D eigenvalue weighted by atomic mass is 32.2. The molecule has 174 valence electrons. The van der Waals surface area contributed by atoms with Crippen molar-refractivity contribution in [2.24, 2.45) is 0 Å². The molecule has 0 heterocycles. The van der Waals surface area contributed by atoms with Crippen LogP contribution < -0.4 is 24.2 Å². The predicted octanol–water partition coefficient (Wildman–Crippen LogP) is 4.14. The monoisotopic (exact) mass is 470 g/mol. The summed E-state index contributed by atoms with van der Waals surface area (Å²) in [7, 11) is -1.10. The molecule has 0 aliphatic carbocycles. The number of hydrogen-bond donors (Lipinski definition) is 2. The second-order valence-corrected chi connectivity index (χ2v) is 8.96. The lowest BCUT2D eigenvalue weighted by Crippen LogP contribution is -2.21. The predicted molar refractivity (Wildman–Crippen MR) is 127 cm³/mol. The van der Waals surface area contributed by atoms with E-state index in [1.165, 1.54) is 26.4 Å². The number of nitrogens with one attached hydrogen (secondary N) is 2. The number of methoxy groups -OCH3 is 2. The van der Waals surface area contributed by atoms with Crippen molar-refractivity contribution in [2.75, 3.05) is 30.9 Å². The zero-order chi connectivity index (χ0) is 24.0. The van der Waals surface area contributed by atoms with E-state index in [2.05, 4.69) is 10.0 Å². The number of sulfonamides is 1. The maximum absolute atomic E-state index is 13.0. The van der Waals surface area contributed by atoms with Crippen molar-refractivity contribution in [1.82, 2.24) is 0 Å². The number of hydrogen-bond acceptors (Lipinski definition) is 6. The molecular formula is C24H26N2O6S. The molecule has 33 heavy (non-hydrogen) atoms. The number of carbonyl (C=O) groups is 1. The van der Waals surface area contributed by atoms with E-state index >= 15 is 0 Å². The fourth-order valence-corrected chi connectivity index (χ4v) is 4.29. The number of carbonyl (C=O) groups excluding carboxylic acids is 1. The highest BCUT2D eigenvalue weighted by molar-refractivity contribution is 7.92. The maximum atomic E-state index is 13.0. The van der Waals surface area contributed by atoms with Gasteiger partial charge in [-0.3, -0.25) is 9.52 Å². The summed E-state index contributed by atoms with van der Waals surface area (Å²) in [5.41, 5.74) is 2.58. The Balaban J connectivity index is 1.75. The average Bonchev–Trinajstić information content (AvgIpc) is 2.80. The topological polar surface area (TPSA) is 103 Å². The summed E-state index contributed by atoms with van der Waals surface area (Å²) >= 11 is 0. The molecule has 0 fully saturated rings. The molecule has 3 rings (SSSR count). The van der Waals surface area contributed by atoms with Crippen LogP contribution in [-0.4, -0.2) is 35.2 Å². The zero-order valence-corrected chi connectivity index (χ0v) is 19.7. The molecule has 0 saturated heterocycles. The number of anilines is 2. The van der Waals surface area contributed by atoms with Gasteiger partial charge in [0, 0.05) is 11.4 Å². The first kappa shape index (κ1) is 23.9. The molecule has 0 aliphatic rings. The van der Waals surface area contributed by atoms with E-state index in [-0.39, 0.29) is 17.3 Å². The molecule has 0 spiro atoms. The summed E-state index contributed by atoms with van der Waals surface area (Å²) in [6.45, 7) is 3.61. The largest absolute Gasteiger partial charge is 0.497 e. The first-order valence-electron chi connectivity index (χ1n) is 10.1. The molecule has 1 amide bonds. The van der Waals surface area contributed by atoms with Crippen LogP contribution in [0.3, 0.4) is 0 Å². The van der Waals surface area contributed by atoms with Crippen LogP contribution in [0.1, 0.15) is 11.1 Å². The minimum Gasteiger partial charge on any atom is -0.497 e. The van der Waals surface area contributed by atoms with Crippen LogP contribution >= 0.6 is 0 Å². The molecule has 0 unspecified atom stereocenters. The van der Waals surface area contributed by atoms with Crippen LogP contribution in [0.2, 0.25) is 0 Å². The standard InChI is InChI=1S/C24H26N2O6S/c1-16-5-6-17(2)22(13-16)32-15-24(27)25-19-9-12-21(31-4)23(14-19)33(28,29)26-18-7-10-20(30-3)11-8-18/h5-14,26H,15H2,1-4H3,(H,25,27). The number of benzene rings is 3. The number of aryl methyl sites for hydroxylation is 2. The summed E-state index contributed by atoms with van der Waals surface area (Å²) < 4.78 is 44.4. The van der Waals surface area contributed by atoms with Crippen molar-refractivity contribution in [3.05, 3.63) is 71.8 Å². The van der Waals surface area contributed by atoms with Gasteiger partial charge in [0.1, 0.15) is 22.1 Å². The third-order valence-corrected chi connectivity index (χ3v) is 6.18. The minimum atomic E-state index is -4.00. The average molecular weight is 471 g/mol. The Morgan fingerprint density at radius 1 is 0.848 bits per heavy atom. The van der Waals surface area contributed by atoms with Gasteiger partial charge in [-0.2, -0.15) is 0 Å². The fraction of sp³-hybridized carbons (Fsp3) is 0.208. The first-order chi connectivity index (χ1) is 15.7. The van der Waals surface area contributed by atoms with E-state index in [1.807, 2.05) is 32.0 Å². The van der Waals surface area contributed by atoms with Crippen molar-refractivity contribution in [2.45, 2.75) is 18.7 Å². The molecule has 0 bridgehead atoms. The van der Waals surface area contributed by atoms with E-state index in [4.69, 9.17) is 14.2 Å². The summed E-state index contributed by atoms with van der Waals surface area (Å²) in [4.78, 5) is 12.3. The van der Waals surface area contributed by atoms with E-state index in [0.717, 1.165) is 11.1 Å². The SMILES string of the molecule is COc1ccc(NS(=O)(=O)c2cc(NC(=O)COc3cc(C)ccc3C)ccc2OC)cc1. The van der Waals surface area contributed by atoms with Crippen molar-refractivity contribution < 1.29 is 27.4 Å². The normalized spacial score (nSPS) is 10.9. The van der Waals surface area contributed by atoms with Crippen molar-refractivity contribution in [3.63, 3.8) is 0 Å². The molecular weight excluding hydrogens is 444 g/mol. The molecule has 0 atom stereocenters. The van der Waals surface area contributed by atoms with Crippen LogP contribution in [-0.2, 0) is 14.8 Å². The molecule has 0 radical (unpaired) electrons. The molecule has 0 aromatic heterocycles. The molecule has 3 aromatic rings. The lowest BCUT2D eigenvalue weighted by atomic mass is 10.1. The van der Waals surface area contributed by atoms with Crippen molar-refractivity contribution >= 4 is 27.3 Å². The Kier molecular flexibility index (Phi) is 7.44. The summed E-state index contributed by atoms with van der Waals surface area (Å²) in [6, 6.07) is 16.5. The quantitative estimate of drug-likeness (QED) is 0.487. The fourth-order valence-electron chi connectivity index (χ4n) is 3.04. The van der Waals surface area contributed by atoms with Crippen molar-refractivity contribution in [1.29, 1.82) is 0 Å². The van der Waals surface area contributed by atoms with Gasteiger partial charge in [-0.15, -0.1) is 0 Å². The lowest BCUT2D eigenvalue weighted by Gasteiger charge is -2.14. The Morgan fingerprint density at radius 3 is 2.21 bits per heavy atom. The Hall–Kier alpha value is -3.72. The minimum absolute atomic E-state index is 0.117. The van der Waals surface area contributed by atoms with Gasteiger partial charge in [0.2, 0.25) is 0 Å². The molecule has 2 N–H and O–H groups in total. The van der Waals surface area contributed by atoms with Gasteiger partial charge in [-0.25, -0.2) is 8.42 Å². The van der Waals surface area contributed by atoms with Gasteiger partial charge >= 0.3 is 0 Å². The van der Waals surface area contributed by atoms with Gasteiger partial charge in [0.15, 0.2) is 6.61 Å². The van der Waals surface area contributed by atoms with Crippen LogP contribution in [0.4, 0.5) is 11.4 Å². The number of rotatable bonds is 9. The second kappa shape index (κ2) is 10.3. The maximum Gasteiger partial charge on any atom is 0.265 e. The lowest BCUT2D eigenvalue weighted by molar-refractivity contribution is -0.118. The van der Waals surface area contributed by atoms with E-state index in [1.54, 1.807) is 30.3 Å². The van der Waals surface area contributed by atoms with Crippen LogP contribution in [0.5, 0.6) is 17.2 Å². The molecule has 0 aliphatic heterocycles. The second-order valence-electron chi connectivity index (χ2n) is 7.31. The molecule has 8 nitrogen and oxygen atoms in total. The number of ether oxygens (including phenoxy) is 3. The third kappa shape index (κ3) is 6.17. The molecule has 9 heteroatoms. The Bertz CT molecular complexity index is 1240. The number of amides is 1. The Morgan fingerprint density at radius 2 is 1.55 bits per heavy atom. The first-order valence-corrected chi connectivity index (χ1v) is 11.5. The molecule has 3 aromatic carbocycles. The van der Waals surface area contributed by atoms with Crippen LogP contribution in [0.25, 0.3) is 0 Å². The van der Waals surface area contributed by atoms with Crippen LogP contribution in [0, 0.1) is 13.8 Å². The third-order valence-electron chi connectivity index (χ3n) is 4.78. The summed E-state index contributed by atoms with van der Waals surface area (Å²) in [6.07, 6.45) is 0. The highest BCUT2D eigenvalue weighted by Gasteiger charge is 2.21. The molecule has 0 saturated carbocycles. The van der Waals surface area contributed by atoms with Gasteiger partial charge in [-0.1, -0.05) is 12.1 Å². The van der Waals surface area contributed by atoms with E-state index in [9.17, 15) is 13.2 Å². The summed E-state index contributed by atoms with van der Waals surface area (Å²) in [5.74, 6) is 0.934. The highest BCUT2D eigenvalue weighted by Crippen LogP contribution is 2.29.